The smallest absolute Gasteiger partial charge is 0.255 e. The Bertz CT molecular complexity index is 1570. The van der Waals surface area contributed by atoms with Gasteiger partial charge in [-0.25, -0.2) is 19.6 Å². The Hall–Kier alpha value is -4.71. The van der Waals surface area contributed by atoms with Crippen molar-refractivity contribution in [2.24, 2.45) is 0 Å². The summed E-state index contributed by atoms with van der Waals surface area (Å²) in [4.78, 5) is 28.1. The van der Waals surface area contributed by atoms with Crippen LogP contribution < -0.4 is 20.5 Å². The van der Waals surface area contributed by atoms with Gasteiger partial charge in [-0.15, -0.1) is 0 Å². The van der Waals surface area contributed by atoms with E-state index >= 15 is 0 Å². The number of hydrogen-bond acceptors (Lipinski definition) is 10. The number of anilines is 1. The molecule has 2 aliphatic heterocycles. The molecule has 0 bridgehead atoms. The van der Waals surface area contributed by atoms with Gasteiger partial charge in [0.1, 0.15) is 23.6 Å². The summed E-state index contributed by atoms with van der Waals surface area (Å²) < 4.78 is 18.6. The first kappa shape index (κ1) is 25.6. The molecule has 0 saturated carbocycles. The fourth-order valence-electron chi connectivity index (χ4n) is 5.22. The van der Waals surface area contributed by atoms with Gasteiger partial charge in [-0.2, -0.15) is 5.10 Å². The molecular formula is C28H30N8O4. The Labute approximate surface area is 230 Å². The highest BCUT2D eigenvalue weighted by Crippen LogP contribution is 2.38. The van der Waals surface area contributed by atoms with Crippen LogP contribution in [0.5, 0.6) is 11.6 Å². The lowest BCUT2D eigenvalue weighted by molar-refractivity contribution is -0.0696. The van der Waals surface area contributed by atoms with E-state index in [1.165, 1.54) is 19.6 Å². The maximum Gasteiger partial charge on any atom is 0.255 e. The van der Waals surface area contributed by atoms with Gasteiger partial charge in [0.05, 0.1) is 24.1 Å². The number of aromatic nitrogens is 5. The number of nitrogens with one attached hydrogen (secondary N) is 1. The molecular weight excluding hydrogens is 512 g/mol. The third kappa shape index (κ3) is 4.77. The number of nitrogens with zero attached hydrogens (tertiary/aromatic N) is 6. The summed E-state index contributed by atoms with van der Waals surface area (Å²) in [6.07, 6.45) is 8.44. The van der Waals surface area contributed by atoms with Crippen molar-refractivity contribution in [1.29, 1.82) is 0 Å². The van der Waals surface area contributed by atoms with Gasteiger partial charge >= 0.3 is 0 Å². The van der Waals surface area contributed by atoms with E-state index in [2.05, 4.69) is 37.4 Å². The first-order chi connectivity index (χ1) is 19.6. The predicted molar refractivity (Wildman–Crippen MR) is 147 cm³/mol. The zero-order chi connectivity index (χ0) is 27.6. The molecule has 6 rings (SSSR count). The highest BCUT2D eigenvalue weighted by molar-refractivity contribution is 5.98. The van der Waals surface area contributed by atoms with E-state index in [-0.39, 0.29) is 18.7 Å². The molecule has 40 heavy (non-hydrogen) atoms. The number of methoxy groups -OCH3 is 1. The number of nitrogens with two attached hydrogens (primary N) is 1. The third-order valence-corrected chi connectivity index (χ3v) is 7.14. The molecule has 1 saturated heterocycles. The van der Waals surface area contributed by atoms with Crippen molar-refractivity contribution in [2.75, 3.05) is 32.7 Å². The number of carbonyl (C=O) groups is 1. The quantitative estimate of drug-likeness (QED) is 0.372. The average molecular weight is 543 g/mol. The topological polar surface area (TPSA) is 143 Å². The molecule has 0 unspecified atom stereocenters. The van der Waals surface area contributed by atoms with Crippen LogP contribution in [0.3, 0.4) is 0 Å². The zero-order valence-corrected chi connectivity index (χ0v) is 22.3. The molecule has 12 heteroatoms. The normalized spacial score (nSPS) is 18.9. The monoisotopic (exact) mass is 542 g/mol. The van der Waals surface area contributed by atoms with Crippen LogP contribution in [-0.4, -0.2) is 62.5 Å². The Morgan fingerprint density at radius 3 is 2.92 bits per heavy atom. The highest BCUT2D eigenvalue weighted by atomic mass is 16.7. The van der Waals surface area contributed by atoms with Crippen LogP contribution >= 0.6 is 0 Å². The molecule has 1 aromatic carbocycles. The third-order valence-electron chi connectivity index (χ3n) is 7.14. The maximum atomic E-state index is 12.9. The lowest BCUT2D eigenvalue weighted by Crippen LogP contribution is -2.34. The summed E-state index contributed by atoms with van der Waals surface area (Å²) in [6.45, 7) is 3.85. The summed E-state index contributed by atoms with van der Waals surface area (Å²) in [5, 5.41) is 8.62. The molecule has 3 aromatic heterocycles. The predicted octanol–water partition coefficient (Wildman–Crippen LogP) is 3.44. The number of pyridine rings is 1. The van der Waals surface area contributed by atoms with Crippen molar-refractivity contribution in [3.05, 3.63) is 66.3 Å². The van der Waals surface area contributed by atoms with E-state index in [0.29, 0.717) is 45.3 Å². The number of likely N-dealkylation sites (tertiary alicyclic amines) is 1. The summed E-state index contributed by atoms with van der Waals surface area (Å²) in [6, 6.07) is 9.07. The number of fused-ring (bicyclic) bond motifs is 2. The highest BCUT2D eigenvalue weighted by Gasteiger charge is 2.28. The first-order valence-corrected chi connectivity index (χ1v) is 13.1. The first-order valence-electron chi connectivity index (χ1n) is 13.1. The largest absolute Gasteiger partial charge is 0.481 e. The minimum Gasteiger partial charge on any atom is -0.481 e. The summed E-state index contributed by atoms with van der Waals surface area (Å²) in [5.74, 6) is 1.05. The second-order valence-corrected chi connectivity index (χ2v) is 9.65. The molecule has 4 aromatic rings. The second kappa shape index (κ2) is 10.8. The van der Waals surface area contributed by atoms with Crippen molar-refractivity contribution >= 4 is 22.8 Å². The van der Waals surface area contributed by atoms with Crippen LogP contribution in [0.25, 0.3) is 22.3 Å². The van der Waals surface area contributed by atoms with Crippen molar-refractivity contribution in [3.8, 4) is 22.9 Å². The molecule has 2 aliphatic rings. The molecule has 2 atom stereocenters. The van der Waals surface area contributed by atoms with Gasteiger partial charge in [0.15, 0.2) is 18.7 Å². The van der Waals surface area contributed by atoms with E-state index < -0.39 is 6.23 Å². The summed E-state index contributed by atoms with van der Waals surface area (Å²) in [5.41, 5.74) is 9.62. The number of carbonyl (C=O) groups excluding carboxylic acids is 1. The Balaban J connectivity index is 1.31. The molecule has 0 radical (unpaired) electrons. The Kier molecular flexibility index (Phi) is 6.91. The fourth-order valence-corrected chi connectivity index (χ4v) is 5.22. The van der Waals surface area contributed by atoms with Crippen LogP contribution in [0.15, 0.2) is 55.1 Å². The number of allylic oxidation sites excluding steroid dienone is 1. The van der Waals surface area contributed by atoms with E-state index in [4.69, 9.17) is 25.0 Å². The van der Waals surface area contributed by atoms with Crippen molar-refractivity contribution in [1.82, 2.24) is 34.9 Å². The molecule has 0 aliphatic carbocycles. The van der Waals surface area contributed by atoms with E-state index in [0.717, 1.165) is 31.5 Å². The Morgan fingerprint density at radius 1 is 1.23 bits per heavy atom. The van der Waals surface area contributed by atoms with E-state index in [1.807, 2.05) is 29.8 Å². The van der Waals surface area contributed by atoms with Gasteiger partial charge in [-0.1, -0.05) is 18.2 Å². The number of amides is 1. The molecule has 12 nitrogen and oxygen atoms in total. The van der Waals surface area contributed by atoms with E-state index in [9.17, 15) is 4.79 Å². The van der Waals surface area contributed by atoms with Gasteiger partial charge in [0, 0.05) is 36.5 Å². The molecule has 5 heterocycles. The standard InChI is InChI=1S/C28H30N8O4/c1-3-10-35-11-4-5-19(14-35)36-26-23(25(29)31-15-32-26)24(34-36)17-6-8-20-21(12-17)39-16-40-28(20)33-27(37)18-7-9-22(38-2)30-13-18/h3,6-10,12-13,15,19,28H,4-5,11,14,16H2,1-2H3,(H,33,37)(H2,29,31,32)/t19-,28-/m1/s1. The fraction of sp³-hybridized carbons (Fsp3) is 0.321. The number of benzene rings is 1. The van der Waals surface area contributed by atoms with Gasteiger partial charge in [-0.3, -0.25) is 4.79 Å². The van der Waals surface area contributed by atoms with Crippen LogP contribution in [0.2, 0.25) is 0 Å². The molecule has 1 amide bonds. The Morgan fingerprint density at radius 2 is 2.12 bits per heavy atom. The van der Waals surface area contributed by atoms with Gasteiger partial charge in [-0.05, 0) is 38.1 Å². The van der Waals surface area contributed by atoms with E-state index in [1.54, 1.807) is 12.1 Å². The second-order valence-electron chi connectivity index (χ2n) is 9.65. The molecule has 1 fully saturated rings. The zero-order valence-electron chi connectivity index (χ0n) is 22.3. The molecule has 0 spiro atoms. The van der Waals surface area contributed by atoms with Gasteiger partial charge < -0.3 is 30.2 Å². The average Bonchev–Trinajstić information content (AvgIpc) is 3.38. The summed E-state index contributed by atoms with van der Waals surface area (Å²) in [7, 11) is 1.52. The lowest BCUT2D eigenvalue weighted by atomic mass is 10.0. The summed E-state index contributed by atoms with van der Waals surface area (Å²) >= 11 is 0. The van der Waals surface area contributed by atoms with Gasteiger partial charge in [0.25, 0.3) is 5.91 Å². The number of hydrogen-bond donors (Lipinski definition) is 2. The minimum absolute atomic E-state index is 0.0223. The minimum atomic E-state index is -0.699. The SMILES string of the molecule is CC=CN1CCC[C@@H](n2nc(-c3ccc4c(c3)OCO[C@H]4NC(=O)c3ccc(OC)nc3)c3c(N)ncnc32)C1. The lowest BCUT2D eigenvalue weighted by Gasteiger charge is -2.32. The number of nitrogen functional groups attached to an aromatic ring is 1. The number of ether oxygens (including phenoxy) is 3. The van der Waals surface area contributed by atoms with Crippen molar-refractivity contribution in [2.45, 2.75) is 32.0 Å². The maximum absolute atomic E-state index is 12.9. The van der Waals surface area contributed by atoms with Crippen LogP contribution in [-0.2, 0) is 4.74 Å². The molecule has 3 N–H and O–H groups in total. The van der Waals surface area contributed by atoms with Gasteiger partial charge in [0.2, 0.25) is 5.88 Å². The number of piperidine rings is 1. The van der Waals surface area contributed by atoms with Crippen LogP contribution in [0.4, 0.5) is 5.82 Å². The number of rotatable bonds is 6. The molecule has 206 valence electrons. The van der Waals surface area contributed by atoms with Crippen LogP contribution in [0.1, 0.15) is 48.0 Å². The van der Waals surface area contributed by atoms with Crippen molar-refractivity contribution in [3.63, 3.8) is 0 Å². The van der Waals surface area contributed by atoms with Crippen molar-refractivity contribution < 1.29 is 19.0 Å². The van der Waals surface area contributed by atoms with Crippen LogP contribution in [0, 0.1) is 0 Å².